The molecule has 0 radical (unpaired) electrons. The summed E-state index contributed by atoms with van der Waals surface area (Å²) in [4.78, 5) is 44.2. The van der Waals surface area contributed by atoms with Gasteiger partial charge in [-0.15, -0.1) is 6.58 Å². The molecule has 1 spiro atoms. The van der Waals surface area contributed by atoms with Crippen molar-refractivity contribution in [1.29, 1.82) is 0 Å². The summed E-state index contributed by atoms with van der Waals surface area (Å²) in [6.45, 7) is 7.38. The Labute approximate surface area is 210 Å². The molecule has 3 aliphatic heterocycles. The van der Waals surface area contributed by atoms with Gasteiger partial charge in [0.2, 0.25) is 5.91 Å². The van der Waals surface area contributed by atoms with E-state index in [0.717, 1.165) is 10.8 Å². The van der Waals surface area contributed by atoms with Gasteiger partial charge in [-0.2, -0.15) is 0 Å². The lowest BCUT2D eigenvalue weighted by Crippen LogP contribution is -2.58. The Morgan fingerprint density at radius 2 is 2.06 bits per heavy atom. The van der Waals surface area contributed by atoms with Crippen LogP contribution >= 0.6 is 0 Å². The first-order valence-electron chi connectivity index (χ1n) is 12.6. The number of nitrogens with zero attached hydrogens (tertiary/aromatic N) is 2. The number of carbonyl (C=O) groups is 3. The Morgan fingerprint density at radius 3 is 2.75 bits per heavy atom. The number of hydrogen-bond donors (Lipinski definition) is 1. The summed E-state index contributed by atoms with van der Waals surface area (Å²) >= 11 is 0. The zero-order chi connectivity index (χ0) is 25.6. The average Bonchev–Trinajstić information content (AvgIpc) is 3.53. The molecule has 36 heavy (non-hydrogen) atoms. The molecule has 0 aromatic heterocycles. The Kier molecular flexibility index (Phi) is 6.34. The number of anilines is 1. The van der Waals surface area contributed by atoms with Gasteiger partial charge in [0.1, 0.15) is 11.6 Å². The molecule has 0 aliphatic carbocycles. The number of amides is 2. The van der Waals surface area contributed by atoms with Crippen LogP contribution < -0.4 is 4.90 Å². The van der Waals surface area contributed by atoms with Crippen molar-refractivity contribution in [3.05, 3.63) is 55.1 Å². The summed E-state index contributed by atoms with van der Waals surface area (Å²) in [6.07, 6.45) is 2.23. The topological polar surface area (TPSA) is 96.4 Å². The molecule has 2 bridgehead atoms. The van der Waals surface area contributed by atoms with Crippen molar-refractivity contribution in [2.24, 2.45) is 11.8 Å². The van der Waals surface area contributed by atoms with Crippen LogP contribution in [-0.2, 0) is 23.9 Å². The van der Waals surface area contributed by atoms with E-state index < -0.39 is 41.6 Å². The van der Waals surface area contributed by atoms with Gasteiger partial charge in [-0.1, -0.05) is 36.4 Å². The summed E-state index contributed by atoms with van der Waals surface area (Å²) in [5.74, 6) is -2.70. The molecule has 2 aromatic carbocycles. The summed E-state index contributed by atoms with van der Waals surface area (Å²) in [7, 11) is 0. The van der Waals surface area contributed by atoms with Gasteiger partial charge < -0.3 is 24.4 Å². The standard InChI is InChI=1S/C28H32N2O6/c1-4-14-29(20-11-10-18-8-6-7-9-19(18)15-20)26(33)24-28-13-12-21(36-28)22(27(34)35-5-2)23(28)25(32)30(24)17(3)16-31/h4,6-11,15,17,21-24,31H,1,5,12-14,16H2,2-3H3/t17-,21-,22+,23+,24-,28+/m1/s1. The van der Waals surface area contributed by atoms with E-state index in [1.807, 2.05) is 42.5 Å². The highest BCUT2D eigenvalue weighted by atomic mass is 16.6. The minimum absolute atomic E-state index is 0.199. The summed E-state index contributed by atoms with van der Waals surface area (Å²) in [6, 6.07) is 12.1. The van der Waals surface area contributed by atoms with E-state index in [1.165, 1.54) is 4.90 Å². The van der Waals surface area contributed by atoms with Gasteiger partial charge in [-0.05, 0) is 49.6 Å². The summed E-state index contributed by atoms with van der Waals surface area (Å²) < 4.78 is 11.7. The number of ether oxygens (including phenoxy) is 2. The third kappa shape index (κ3) is 3.54. The smallest absolute Gasteiger partial charge is 0.312 e. The Balaban J connectivity index is 1.59. The van der Waals surface area contributed by atoms with Crippen molar-refractivity contribution in [3.8, 4) is 0 Å². The van der Waals surface area contributed by atoms with Gasteiger partial charge in [0.15, 0.2) is 0 Å². The van der Waals surface area contributed by atoms with Gasteiger partial charge in [0.25, 0.3) is 5.91 Å². The molecular formula is C28H32N2O6. The molecule has 6 atom stereocenters. The number of aliphatic hydroxyl groups is 1. The third-order valence-corrected chi connectivity index (χ3v) is 7.89. The Hall–Kier alpha value is -3.23. The number of carbonyl (C=O) groups excluding carboxylic acids is 3. The normalized spacial score (nSPS) is 29.3. The number of rotatable bonds is 8. The van der Waals surface area contributed by atoms with Crippen molar-refractivity contribution < 1.29 is 29.0 Å². The molecule has 3 heterocycles. The van der Waals surface area contributed by atoms with Gasteiger partial charge in [0, 0.05) is 12.2 Å². The van der Waals surface area contributed by atoms with Crippen molar-refractivity contribution >= 4 is 34.2 Å². The molecule has 0 unspecified atom stereocenters. The van der Waals surface area contributed by atoms with Crippen LogP contribution in [0.3, 0.4) is 0 Å². The molecule has 0 saturated carbocycles. The van der Waals surface area contributed by atoms with Crippen molar-refractivity contribution in [1.82, 2.24) is 4.90 Å². The first-order valence-corrected chi connectivity index (χ1v) is 12.6. The number of aliphatic hydroxyl groups excluding tert-OH is 1. The van der Waals surface area contributed by atoms with Gasteiger partial charge in [0.05, 0.1) is 37.2 Å². The molecule has 8 heteroatoms. The summed E-state index contributed by atoms with van der Waals surface area (Å²) in [5, 5.41) is 12.0. The maximum atomic E-state index is 14.4. The lowest BCUT2D eigenvalue weighted by atomic mass is 9.70. The molecular weight excluding hydrogens is 460 g/mol. The minimum Gasteiger partial charge on any atom is -0.466 e. The first-order chi connectivity index (χ1) is 17.4. The fraction of sp³-hybridized carbons (Fsp3) is 0.464. The van der Waals surface area contributed by atoms with Crippen molar-refractivity contribution in [2.75, 3.05) is 24.7 Å². The maximum Gasteiger partial charge on any atom is 0.312 e. The second-order valence-corrected chi connectivity index (χ2v) is 9.85. The molecule has 5 rings (SSSR count). The fourth-order valence-electron chi connectivity index (χ4n) is 6.38. The van der Waals surface area contributed by atoms with Crippen LogP contribution in [0.1, 0.15) is 26.7 Å². The number of esters is 1. The average molecular weight is 493 g/mol. The molecule has 3 saturated heterocycles. The van der Waals surface area contributed by atoms with E-state index in [-0.39, 0.29) is 31.6 Å². The zero-order valence-electron chi connectivity index (χ0n) is 20.6. The number of hydrogen-bond acceptors (Lipinski definition) is 6. The quantitative estimate of drug-likeness (QED) is 0.450. The van der Waals surface area contributed by atoms with E-state index in [1.54, 1.807) is 24.8 Å². The van der Waals surface area contributed by atoms with Crippen LogP contribution in [0.4, 0.5) is 5.69 Å². The predicted octanol–water partition coefficient (Wildman–Crippen LogP) is 2.68. The second kappa shape index (κ2) is 9.33. The van der Waals surface area contributed by atoms with E-state index in [0.29, 0.717) is 18.5 Å². The first kappa shape index (κ1) is 24.5. The largest absolute Gasteiger partial charge is 0.466 e. The van der Waals surface area contributed by atoms with Crippen LogP contribution in [0.5, 0.6) is 0 Å². The van der Waals surface area contributed by atoms with E-state index >= 15 is 0 Å². The molecule has 2 amide bonds. The monoisotopic (exact) mass is 492 g/mol. The Morgan fingerprint density at radius 1 is 1.31 bits per heavy atom. The highest BCUT2D eigenvalue weighted by Crippen LogP contribution is 2.59. The summed E-state index contributed by atoms with van der Waals surface area (Å²) in [5.41, 5.74) is -0.465. The van der Waals surface area contributed by atoms with Crippen LogP contribution in [-0.4, -0.2) is 71.3 Å². The molecule has 1 N–H and O–H groups in total. The van der Waals surface area contributed by atoms with Crippen LogP contribution in [0.25, 0.3) is 10.8 Å². The fourth-order valence-corrected chi connectivity index (χ4v) is 6.38. The van der Waals surface area contributed by atoms with Crippen LogP contribution in [0, 0.1) is 11.8 Å². The molecule has 190 valence electrons. The number of fused-ring (bicyclic) bond motifs is 2. The van der Waals surface area contributed by atoms with Crippen LogP contribution in [0.15, 0.2) is 55.1 Å². The molecule has 8 nitrogen and oxygen atoms in total. The highest BCUT2D eigenvalue weighted by molar-refractivity contribution is 6.05. The SMILES string of the molecule is C=CCN(C(=O)[C@H]1N([C@H](C)CO)C(=O)[C@@H]2[C@@H](C(=O)OCC)[C@H]3CC[C@]21O3)c1ccc2ccccc2c1. The molecule has 2 aromatic rings. The number of likely N-dealkylation sites (tertiary alicyclic amines) is 1. The second-order valence-electron chi connectivity index (χ2n) is 9.85. The molecule has 3 aliphatic rings. The van der Waals surface area contributed by atoms with E-state index in [9.17, 15) is 19.5 Å². The Bertz CT molecular complexity index is 1210. The van der Waals surface area contributed by atoms with Gasteiger partial charge >= 0.3 is 5.97 Å². The lowest BCUT2D eigenvalue weighted by Gasteiger charge is -2.38. The predicted molar refractivity (Wildman–Crippen MR) is 134 cm³/mol. The lowest BCUT2D eigenvalue weighted by molar-refractivity contribution is -0.155. The molecule has 3 fully saturated rings. The maximum absolute atomic E-state index is 14.4. The number of benzene rings is 2. The third-order valence-electron chi connectivity index (χ3n) is 7.89. The van der Waals surface area contributed by atoms with Crippen LogP contribution in [0.2, 0.25) is 0 Å². The zero-order valence-corrected chi connectivity index (χ0v) is 20.6. The highest BCUT2D eigenvalue weighted by Gasteiger charge is 2.75. The van der Waals surface area contributed by atoms with Crippen molar-refractivity contribution in [2.45, 2.75) is 50.5 Å². The van der Waals surface area contributed by atoms with Crippen molar-refractivity contribution in [3.63, 3.8) is 0 Å². The van der Waals surface area contributed by atoms with E-state index in [4.69, 9.17) is 9.47 Å². The van der Waals surface area contributed by atoms with Gasteiger partial charge in [-0.25, -0.2) is 0 Å². The van der Waals surface area contributed by atoms with E-state index in [2.05, 4.69) is 6.58 Å². The van der Waals surface area contributed by atoms with Gasteiger partial charge in [-0.3, -0.25) is 14.4 Å². The minimum atomic E-state index is -1.14.